The minimum absolute atomic E-state index is 0.249. The molecular formula is C14H14O2. The molecule has 1 aromatic rings. The van der Waals surface area contributed by atoms with Gasteiger partial charge in [-0.1, -0.05) is 0 Å². The van der Waals surface area contributed by atoms with E-state index in [9.17, 15) is 4.79 Å². The SMILES string of the molecule is CC#CCCOc1ccc2c(c1)CCC2=O. The van der Waals surface area contributed by atoms with Gasteiger partial charge in [-0.3, -0.25) is 4.79 Å². The smallest absolute Gasteiger partial charge is 0.163 e. The van der Waals surface area contributed by atoms with Crippen molar-refractivity contribution in [2.75, 3.05) is 6.61 Å². The third kappa shape index (κ3) is 2.25. The van der Waals surface area contributed by atoms with Gasteiger partial charge in [0, 0.05) is 18.4 Å². The molecule has 0 aromatic heterocycles. The second kappa shape index (κ2) is 4.85. The predicted octanol–water partition coefficient (Wildman–Crippen LogP) is 2.61. The zero-order chi connectivity index (χ0) is 11.4. The average Bonchev–Trinajstić information content (AvgIpc) is 2.66. The number of rotatable bonds is 3. The van der Waals surface area contributed by atoms with Gasteiger partial charge in [0.2, 0.25) is 0 Å². The van der Waals surface area contributed by atoms with Crippen molar-refractivity contribution in [3.63, 3.8) is 0 Å². The average molecular weight is 214 g/mol. The van der Waals surface area contributed by atoms with Crippen molar-refractivity contribution in [3.8, 4) is 17.6 Å². The van der Waals surface area contributed by atoms with Crippen molar-refractivity contribution in [3.05, 3.63) is 29.3 Å². The van der Waals surface area contributed by atoms with Crippen LogP contribution in [-0.4, -0.2) is 12.4 Å². The molecule has 2 nitrogen and oxygen atoms in total. The first-order valence-electron chi connectivity index (χ1n) is 5.50. The second-order valence-electron chi connectivity index (χ2n) is 3.77. The summed E-state index contributed by atoms with van der Waals surface area (Å²) in [5.41, 5.74) is 1.98. The molecule has 0 aliphatic heterocycles. The fraction of sp³-hybridized carbons (Fsp3) is 0.357. The minimum atomic E-state index is 0.249. The van der Waals surface area contributed by atoms with Gasteiger partial charge in [0.05, 0.1) is 6.61 Å². The van der Waals surface area contributed by atoms with Crippen LogP contribution in [0, 0.1) is 11.8 Å². The standard InChI is InChI=1S/C14H14O2/c1-2-3-4-9-16-12-6-7-13-11(10-12)5-8-14(13)15/h6-7,10H,4-5,8-9H2,1H3. The van der Waals surface area contributed by atoms with Gasteiger partial charge < -0.3 is 4.74 Å². The number of carbonyl (C=O) groups is 1. The fourth-order valence-electron chi connectivity index (χ4n) is 1.87. The maximum absolute atomic E-state index is 11.4. The van der Waals surface area contributed by atoms with Gasteiger partial charge in [-0.25, -0.2) is 0 Å². The molecule has 1 aliphatic rings. The predicted molar refractivity (Wildman–Crippen MR) is 62.7 cm³/mol. The number of hydrogen-bond donors (Lipinski definition) is 0. The third-order valence-corrected chi connectivity index (χ3v) is 2.67. The Morgan fingerprint density at radius 1 is 1.38 bits per heavy atom. The van der Waals surface area contributed by atoms with Crippen molar-refractivity contribution < 1.29 is 9.53 Å². The van der Waals surface area contributed by atoms with E-state index in [1.165, 1.54) is 0 Å². The lowest BCUT2D eigenvalue weighted by molar-refractivity contribution is 0.0994. The molecule has 82 valence electrons. The lowest BCUT2D eigenvalue weighted by Crippen LogP contribution is -1.97. The summed E-state index contributed by atoms with van der Waals surface area (Å²) in [6.45, 7) is 2.43. The summed E-state index contributed by atoms with van der Waals surface area (Å²) in [5.74, 6) is 6.86. The van der Waals surface area contributed by atoms with Crippen LogP contribution in [-0.2, 0) is 6.42 Å². The van der Waals surface area contributed by atoms with E-state index in [1.807, 2.05) is 25.1 Å². The Balaban J connectivity index is 2.01. The summed E-state index contributed by atoms with van der Waals surface area (Å²) in [5, 5.41) is 0. The van der Waals surface area contributed by atoms with Crippen LogP contribution in [0.4, 0.5) is 0 Å². The fourth-order valence-corrected chi connectivity index (χ4v) is 1.87. The molecule has 2 rings (SSSR count). The second-order valence-corrected chi connectivity index (χ2v) is 3.77. The molecule has 2 heteroatoms. The largest absolute Gasteiger partial charge is 0.493 e. The zero-order valence-electron chi connectivity index (χ0n) is 9.38. The molecule has 0 atom stereocenters. The van der Waals surface area contributed by atoms with Crippen molar-refractivity contribution in [1.82, 2.24) is 0 Å². The Morgan fingerprint density at radius 2 is 2.25 bits per heavy atom. The number of ketones is 1. The van der Waals surface area contributed by atoms with E-state index < -0.39 is 0 Å². The molecule has 0 spiro atoms. The normalized spacial score (nSPS) is 12.9. The van der Waals surface area contributed by atoms with Crippen LogP contribution in [0.25, 0.3) is 0 Å². The molecule has 0 bridgehead atoms. The van der Waals surface area contributed by atoms with Gasteiger partial charge in [-0.2, -0.15) is 0 Å². The Morgan fingerprint density at radius 3 is 3.06 bits per heavy atom. The van der Waals surface area contributed by atoms with E-state index >= 15 is 0 Å². The van der Waals surface area contributed by atoms with E-state index in [0.29, 0.717) is 13.0 Å². The molecular weight excluding hydrogens is 200 g/mol. The number of fused-ring (bicyclic) bond motifs is 1. The summed E-state index contributed by atoms with van der Waals surface area (Å²) in [7, 11) is 0. The van der Waals surface area contributed by atoms with Gasteiger partial charge in [-0.15, -0.1) is 11.8 Å². The summed E-state index contributed by atoms with van der Waals surface area (Å²) >= 11 is 0. The number of hydrogen-bond acceptors (Lipinski definition) is 2. The quantitative estimate of drug-likeness (QED) is 0.571. The number of aryl methyl sites for hydroxylation is 1. The van der Waals surface area contributed by atoms with E-state index in [-0.39, 0.29) is 5.78 Å². The van der Waals surface area contributed by atoms with Gasteiger partial charge in [0.1, 0.15) is 5.75 Å². The molecule has 0 saturated carbocycles. The number of ether oxygens (including phenoxy) is 1. The van der Waals surface area contributed by atoms with E-state index in [4.69, 9.17) is 4.74 Å². The van der Waals surface area contributed by atoms with Crippen molar-refractivity contribution in [2.45, 2.75) is 26.2 Å². The molecule has 1 aromatic carbocycles. The molecule has 1 aliphatic carbocycles. The Hall–Kier alpha value is -1.75. The van der Waals surface area contributed by atoms with Gasteiger partial charge >= 0.3 is 0 Å². The van der Waals surface area contributed by atoms with Crippen molar-refractivity contribution in [1.29, 1.82) is 0 Å². The zero-order valence-corrected chi connectivity index (χ0v) is 9.38. The number of carbonyl (C=O) groups excluding carboxylic acids is 1. The molecule has 0 heterocycles. The Kier molecular flexibility index (Phi) is 3.26. The first-order valence-corrected chi connectivity index (χ1v) is 5.50. The molecule has 0 fully saturated rings. The molecule has 0 radical (unpaired) electrons. The maximum Gasteiger partial charge on any atom is 0.163 e. The lowest BCUT2D eigenvalue weighted by atomic mass is 10.1. The van der Waals surface area contributed by atoms with Crippen LogP contribution in [0.1, 0.15) is 35.7 Å². The van der Waals surface area contributed by atoms with Crippen LogP contribution in [0.3, 0.4) is 0 Å². The van der Waals surface area contributed by atoms with Crippen molar-refractivity contribution in [2.24, 2.45) is 0 Å². The summed E-state index contributed by atoms with van der Waals surface area (Å²) in [6, 6.07) is 5.70. The van der Waals surface area contributed by atoms with Gasteiger partial charge in [-0.05, 0) is 37.1 Å². The van der Waals surface area contributed by atoms with E-state index in [2.05, 4.69) is 11.8 Å². The number of Topliss-reactive ketones (excluding diaryl/α,β-unsaturated/α-hetero) is 1. The van der Waals surface area contributed by atoms with Gasteiger partial charge in [0.15, 0.2) is 5.78 Å². The van der Waals surface area contributed by atoms with Crippen LogP contribution in [0.15, 0.2) is 18.2 Å². The summed E-state index contributed by atoms with van der Waals surface area (Å²) < 4.78 is 5.55. The molecule has 0 saturated heterocycles. The Bertz CT molecular complexity index is 463. The van der Waals surface area contributed by atoms with Crippen LogP contribution in [0.5, 0.6) is 5.75 Å². The highest BCUT2D eigenvalue weighted by Crippen LogP contribution is 2.26. The highest BCUT2D eigenvalue weighted by atomic mass is 16.5. The monoisotopic (exact) mass is 214 g/mol. The third-order valence-electron chi connectivity index (χ3n) is 2.67. The lowest BCUT2D eigenvalue weighted by Gasteiger charge is -2.05. The topological polar surface area (TPSA) is 26.3 Å². The van der Waals surface area contributed by atoms with E-state index in [0.717, 1.165) is 29.7 Å². The minimum Gasteiger partial charge on any atom is -0.493 e. The highest BCUT2D eigenvalue weighted by Gasteiger charge is 2.19. The van der Waals surface area contributed by atoms with Gasteiger partial charge in [0.25, 0.3) is 0 Å². The summed E-state index contributed by atoms with van der Waals surface area (Å²) in [6.07, 6.45) is 2.23. The molecule has 0 unspecified atom stereocenters. The summed E-state index contributed by atoms with van der Waals surface area (Å²) in [4.78, 5) is 11.4. The molecule has 0 amide bonds. The van der Waals surface area contributed by atoms with E-state index in [1.54, 1.807) is 0 Å². The van der Waals surface area contributed by atoms with Crippen molar-refractivity contribution >= 4 is 5.78 Å². The number of benzene rings is 1. The van der Waals surface area contributed by atoms with Crippen LogP contribution in [0.2, 0.25) is 0 Å². The van der Waals surface area contributed by atoms with Crippen LogP contribution >= 0.6 is 0 Å². The highest BCUT2D eigenvalue weighted by molar-refractivity contribution is 6.00. The first kappa shape index (κ1) is 10.8. The Labute approximate surface area is 95.6 Å². The maximum atomic E-state index is 11.4. The van der Waals surface area contributed by atoms with Crippen LogP contribution < -0.4 is 4.74 Å². The first-order chi connectivity index (χ1) is 7.81. The molecule has 0 N–H and O–H groups in total. The molecule has 16 heavy (non-hydrogen) atoms.